The van der Waals surface area contributed by atoms with E-state index in [1.165, 1.54) is 0 Å². The van der Waals surface area contributed by atoms with Gasteiger partial charge in [0, 0.05) is 38.9 Å². The second-order valence-corrected chi connectivity index (χ2v) is 9.29. The molecule has 3 aromatic carbocycles. The van der Waals surface area contributed by atoms with Crippen LogP contribution in [-0.4, -0.2) is 45.6 Å². The van der Waals surface area contributed by atoms with Crippen LogP contribution in [0.1, 0.15) is 30.1 Å². The van der Waals surface area contributed by atoms with Gasteiger partial charge in [0.2, 0.25) is 5.88 Å². The number of nitrogens with zero attached hydrogens (tertiary/aromatic N) is 3. The Labute approximate surface area is 212 Å². The van der Waals surface area contributed by atoms with Crippen molar-refractivity contribution in [1.29, 1.82) is 0 Å². The molecule has 4 aromatic rings. The highest BCUT2D eigenvalue weighted by Gasteiger charge is 2.26. The van der Waals surface area contributed by atoms with E-state index < -0.39 is 6.10 Å². The van der Waals surface area contributed by atoms with Crippen molar-refractivity contribution >= 4 is 0 Å². The molecule has 2 atom stereocenters. The van der Waals surface area contributed by atoms with E-state index in [9.17, 15) is 5.11 Å². The zero-order valence-corrected chi connectivity index (χ0v) is 20.7. The molecule has 36 heavy (non-hydrogen) atoms. The molecule has 0 spiro atoms. The maximum absolute atomic E-state index is 11.1. The summed E-state index contributed by atoms with van der Waals surface area (Å²) in [5, 5.41) is 16.0. The standard InChI is InChI=1S/C30H33N3O3/c1-32-30(36-25-16-9-4-10-17-25)27(29(31-32)24-14-7-3-8-15-24)21-33(20-26-18-11-19-35-26)22-28(34)23-12-5-2-6-13-23/h2-10,12-17,26,28,34H,11,18-22H2,1H3. The van der Waals surface area contributed by atoms with Crippen LogP contribution in [0.25, 0.3) is 11.3 Å². The molecule has 2 heterocycles. The summed E-state index contributed by atoms with van der Waals surface area (Å²) in [6, 6.07) is 29.8. The second-order valence-electron chi connectivity index (χ2n) is 9.29. The third-order valence-corrected chi connectivity index (χ3v) is 6.58. The zero-order valence-electron chi connectivity index (χ0n) is 20.7. The Morgan fingerprint density at radius 2 is 1.67 bits per heavy atom. The van der Waals surface area contributed by atoms with Crippen LogP contribution < -0.4 is 4.74 Å². The first-order valence-corrected chi connectivity index (χ1v) is 12.6. The molecule has 1 aliphatic heterocycles. The minimum atomic E-state index is -0.608. The number of hydrogen-bond acceptors (Lipinski definition) is 5. The third-order valence-electron chi connectivity index (χ3n) is 6.58. The van der Waals surface area contributed by atoms with Gasteiger partial charge in [-0.2, -0.15) is 5.10 Å². The Hall–Kier alpha value is -3.45. The van der Waals surface area contributed by atoms with E-state index in [-0.39, 0.29) is 6.10 Å². The summed E-state index contributed by atoms with van der Waals surface area (Å²) in [5.41, 5.74) is 3.82. The number of hydrogen-bond donors (Lipinski definition) is 1. The Bertz CT molecular complexity index is 1220. The number of aryl methyl sites for hydroxylation is 1. The second kappa shape index (κ2) is 11.5. The van der Waals surface area contributed by atoms with Crippen LogP contribution in [-0.2, 0) is 18.3 Å². The van der Waals surface area contributed by atoms with E-state index >= 15 is 0 Å². The molecule has 0 aliphatic carbocycles. The Balaban J connectivity index is 1.49. The molecule has 0 amide bonds. The van der Waals surface area contributed by atoms with E-state index in [1.54, 1.807) is 0 Å². The van der Waals surface area contributed by atoms with Gasteiger partial charge in [-0.3, -0.25) is 4.90 Å². The molecule has 1 saturated heterocycles. The zero-order chi connectivity index (χ0) is 24.7. The van der Waals surface area contributed by atoms with Crippen LogP contribution in [0.2, 0.25) is 0 Å². The highest BCUT2D eigenvalue weighted by atomic mass is 16.5. The number of aliphatic hydroxyl groups is 1. The monoisotopic (exact) mass is 483 g/mol. The minimum Gasteiger partial charge on any atom is -0.439 e. The minimum absolute atomic E-state index is 0.156. The highest BCUT2D eigenvalue weighted by Crippen LogP contribution is 2.34. The fraction of sp³-hybridized carbons (Fsp3) is 0.300. The number of ether oxygens (including phenoxy) is 2. The van der Waals surface area contributed by atoms with Crippen molar-refractivity contribution in [2.24, 2.45) is 7.05 Å². The fourth-order valence-corrected chi connectivity index (χ4v) is 4.78. The van der Waals surface area contributed by atoms with Gasteiger partial charge in [0.25, 0.3) is 0 Å². The van der Waals surface area contributed by atoms with E-state index in [0.717, 1.165) is 54.1 Å². The summed E-state index contributed by atoms with van der Waals surface area (Å²) in [4.78, 5) is 2.27. The number of aliphatic hydroxyl groups excluding tert-OH is 1. The van der Waals surface area contributed by atoms with Crippen molar-refractivity contribution in [1.82, 2.24) is 14.7 Å². The van der Waals surface area contributed by atoms with Crippen LogP contribution in [0.3, 0.4) is 0 Å². The lowest BCUT2D eigenvalue weighted by Gasteiger charge is -2.28. The molecule has 6 nitrogen and oxygen atoms in total. The van der Waals surface area contributed by atoms with Gasteiger partial charge in [-0.25, -0.2) is 4.68 Å². The molecule has 0 saturated carbocycles. The first-order chi connectivity index (χ1) is 17.7. The number of aromatic nitrogens is 2. The summed E-state index contributed by atoms with van der Waals surface area (Å²) in [7, 11) is 1.91. The van der Waals surface area contributed by atoms with Crippen LogP contribution in [0, 0.1) is 0 Å². The van der Waals surface area contributed by atoms with Gasteiger partial charge in [0.05, 0.1) is 17.8 Å². The van der Waals surface area contributed by atoms with E-state index in [4.69, 9.17) is 14.6 Å². The fourth-order valence-electron chi connectivity index (χ4n) is 4.78. The predicted molar refractivity (Wildman–Crippen MR) is 141 cm³/mol. The van der Waals surface area contributed by atoms with Crippen molar-refractivity contribution in [2.45, 2.75) is 31.6 Å². The van der Waals surface area contributed by atoms with E-state index in [2.05, 4.69) is 17.0 Å². The molecule has 0 radical (unpaired) electrons. The average molecular weight is 484 g/mol. The van der Waals surface area contributed by atoms with E-state index in [0.29, 0.717) is 19.0 Å². The van der Waals surface area contributed by atoms with Gasteiger partial charge in [-0.1, -0.05) is 78.9 Å². The molecule has 6 heteroatoms. The summed E-state index contributed by atoms with van der Waals surface area (Å²) in [6.07, 6.45) is 1.65. The molecule has 2 unspecified atom stereocenters. The lowest BCUT2D eigenvalue weighted by atomic mass is 10.1. The molecule has 0 bridgehead atoms. The molecule has 1 fully saturated rings. The normalized spacial score (nSPS) is 16.4. The van der Waals surface area contributed by atoms with Crippen molar-refractivity contribution < 1.29 is 14.6 Å². The molecule has 1 N–H and O–H groups in total. The van der Waals surface area contributed by atoms with Crippen molar-refractivity contribution in [2.75, 3.05) is 19.7 Å². The van der Waals surface area contributed by atoms with Crippen LogP contribution in [0.4, 0.5) is 0 Å². The average Bonchev–Trinajstić information content (AvgIpc) is 3.54. The van der Waals surface area contributed by atoms with Crippen LogP contribution in [0.15, 0.2) is 91.0 Å². The molecule has 1 aromatic heterocycles. The van der Waals surface area contributed by atoms with Gasteiger partial charge >= 0.3 is 0 Å². The van der Waals surface area contributed by atoms with Crippen LogP contribution in [0.5, 0.6) is 11.6 Å². The lowest BCUT2D eigenvalue weighted by molar-refractivity contribution is 0.0458. The summed E-state index contributed by atoms with van der Waals surface area (Å²) >= 11 is 0. The summed E-state index contributed by atoms with van der Waals surface area (Å²) in [5.74, 6) is 1.46. The van der Waals surface area contributed by atoms with Gasteiger partial charge in [-0.05, 0) is 30.5 Å². The Morgan fingerprint density at radius 3 is 2.33 bits per heavy atom. The quantitative estimate of drug-likeness (QED) is 0.318. The smallest absolute Gasteiger partial charge is 0.222 e. The predicted octanol–water partition coefficient (Wildman–Crippen LogP) is 5.59. The highest BCUT2D eigenvalue weighted by molar-refractivity contribution is 5.65. The van der Waals surface area contributed by atoms with E-state index in [1.807, 2.05) is 90.6 Å². The number of rotatable bonds is 10. The van der Waals surface area contributed by atoms with Gasteiger partial charge < -0.3 is 14.6 Å². The lowest BCUT2D eigenvalue weighted by Crippen LogP contribution is -2.35. The number of para-hydroxylation sites is 1. The largest absolute Gasteiger partial charge is 0.439 e. The molecule has 186 valence electrons. The molecule has 5 rings (SSSR count). The van der Waals surface area contributed by atoms with Crippen molar-refractivity contribution in [3.8, 4) is 22.9 Å². The Kier molecular flexibility index (Phi) is 7.76. The number of benzene rings is 3. The first kappa shape index (κ1) is 24.3. The maximum Gasteiger partial charge on any atom is 0.222 e. The van der Waals surface area contributed by atoms with Crippen molar-refractivity contribution in [3.63, 3.8) is 0 Å². The van der Waals surface area contributed by atoms with Crippen LogP contribution >= 0.6 is 0 Å². The molecule has 1 aliphatic rings. The molecular formula is C30H33N3O3. The third kappa shape index (κ3) is 5.85. The van der Waals surface area contributed by atoms with Gasteiger partial charge in [-0.15, -0.1) is 0 Å². The van der Waals surface area contributed by atoms with Gasteiger partial charge in [0.15, 0.2) is 0 Å². The first-order valence-electron chi connectivity index (χ1n) is 12.6. The maximum atomic E-state index is 11.1. The molecular weight excluding hydrogens is 450 g/mol. The van der Waals surface area contributed by atoms with Crippen molar-refractivity contribution in [3.05, 3.63) is 102 Å². The Morgan fingerprint density at radius 1 is 1.00 bits per heavy atom. The topological polar surface area (TPSA) is 59.8 Å². The summed E-state index contributed by atoms with van der Waals surface area (Å²) < 4.78 is 14.2. The van der Waals surface area contributed by atoms with Gasteiger partial charge in [0.1, 0.15) is 11.4 Å². The SMILES string of the molecule is Cn1nc(-c2ccccc2)c(CN(CC2CCCO2)CC(O)c2ccccc2)c1Oc1ccccc1. The summed E-state index contributed by atoms with van der Waals surface area (Å²) in [6.45, 7) is 2.59.